The quantitative estimate of drug-likeness (QED) is 0.882. The minimum absolute atomic E-state index is 0.721. The van der Waals surface area contributed by atoms with Gasteiger partial charge in [0.05, 0.1) is 6.54 Å². The van der Waals surface area contributed by atoms with Gasteiger partial charge in [-0.1, -0.05) is 6.92 Å². The summed E-state index contributed by atoms with van der Waals surface area (Å²) in [6.07, 6.45) is 2.52. The zero-order chi connectivity index (χ0) is 11.4. The number of anilines is 1. The summed E-state index contributed by atoms with van der Waals surface area (Å²) in [6.45, 7) is 4.80. The van der Waals surface area contributed by atoms with Gasteiger partial charge >= 0.3 is 0 Å². The van der Waals surface area contributed by atoms with Crippen molar-refractivity contribution in [2.24, 2.45) is 0 Å². The average Bonchev–Trinajstić information content (AvgIpc) is 2.73. The fraction of sp³-hybridized carbons (Fsp3) is 0.364. The molecule has 0 amide bonds. The molecule has 2 rings (SSSR count). The molecule has 0 aliphatic rings. The molecule has 0 aromatic carbocycles. The number of nitrogens with one attached hydrogen (secondary N) is 1. The summed E-state index contributed by atoms with van der Waals surface area (Å²) in [7, 11) is 0. The van der Waals surface area contributed by atoms with Crippen molar-refractivity contribution >= 4 is 17.2 Å². The molecule has 4 nitrogen and oxygen atoms in total. The highest BCUT2D eigenvalue weighted by Crippen LogP contribution is 2.11. The normalized spacial score (nSPS) is 10.4. The third-order valence-corrected chi connectivity index (χ3v) is 3.14. The van der Waals surface area contributed by atoms with Crippen molar-refractivity contribution in [3.05, 3.63) is 34.2 Å². The maximum Gasteiger partial charge on any atom is 0.129 e. The van der Waals surface area contributed by atoms with Crippen LogP contribution in [-0.4, -0.2) is 15.0 Å². The number of aryl methyl sites for hydroxylation is 2. The maximum absolute atomic E-state index is 4.38. The van der Waals surface area contributed by atoms with Gasteiger partial charge in [-0.2, -0.15) is 0 Å². The number of thiazole rings is 1. The molecule has 0 fully saturated rings. The molecule has 2 aromatic heterocycles. The molecule has 5 heteroatoms. The summed E-state index contributed by atoms with van der Waals surface area (Å²) in [5.41, 5.74) is 2.12. The molecule has 0 radical (unpaired) electrons. The van der Waals surface area contributed by atoms with Gasteiger partial charge in [0.15, 0.2) is 0 Å². The highest BCUT2D eigenvalue weighted by atomic mass is 32.1. The van der Waals surface area contributed by atoms with E-state index >= 15 is 0 Å². The summed E-state index contributed by atoms with van der Waals surface area (Å²) in [4.78, 5) is 12.7. The van der Waals surface area contributed by atoms with Gasteiger partial charge in [-0.15, -0.1) is 11.3 Å². The van der Waals surface area contributed by atoms with Gasteiger partial charge in [0, 0.05) is 22.8 Å². The first kappa shape index (κ1) is 11.0. The molecule has 84 valence electrons. The van der Waals surface area contributed by atoms with Gasteiger partial charge in [0.25, 0.3) is 0 Å². The molecule has 2 heterocycles. The highest BCUT2D eigenvalue weighted by molar-refractivity contribution is 7.09. The first-order valence-corrected chi connectivity index (χ1v) is 6.11. The minimum Gasteiger partial charge on any atom is -0.363 e. The van der Waals surface area contributed by atoms with Crippen LogP contribution in [0.2, 0.25) is 0 Å². The Morgan fingerprint density at radius 3 is 2.94 bits per heavy atom. The number of hydrogen-bond donors (Lipinski definition) is 1. The monoisotopic (exact) mass is 234 g/mol. The van der Waals surface area contributed by atoms with Crippen molar-refractivity contribution in [3.8, 4) is 0 Å². The molecular formula is C11H14N4S. The first-order valence-electron chi connectivity index (χ1n) is 5.23. The van der Waals surface area contributed by atoms with Crippen molar-refractivity contribution in [1.29, 1.82) is 0 Å². The van der Waals surface area contributed by atoms with E-state index in [2.05, 4.69) is 32.6 Å². The number of aromatic nitrogens is 3. The molecule has 0 aliphatic carbocycles. The smallest absolute Gasteiger partial charge is 0.129 e. The van der Waals surface area contributed by atoms with E-state index in [9.17, 15) is 0 Å². The van der Waals surface area contributed by atoms with Gasteiger partial charge in [0.1, 0.15) is 17.2 Å². The SMILES string of the molecule is CCc1cc(NCc2nc(C)cs2)ncn1. The second-order valence-electron chi connectivity index (χ2n) is 3.48. The van der Waals surface area contributed by atoms with Crippen LogP contribution in [0.3, 0.4) is 0 Å². The van der Waals surface area contributed by atoms with E-state index in [1.165, 1.54) is 0 Å². The van der Waals surface area contributed by atoms with E-state index in [0.717, 1.165) is 35.2 Å². The predicted molar refractivity (Wildman–Crippen MR) is 65.6 cm³/mol. The Balaban J connectivity index is 1.99. The second kappa shape index (κ2) is 5.03. The van der Waals surface area contributed by atoms with E-state index in [4.69, 9.17) is 0 Å². The molecule has 0 bridgehead atoms. The summed E-state index contributed by atoms with van der Waals surface area (Å²) >= 11 is 1.66. The van der Waals surface area contributed by atoms with Gasteiger partial charge in [-0.05, 0) is 13.3 Å². The van der Waals surface area contributed by atoms with E-state index in [-0.39, 0.29) is 0 Å². The van der Waals surface area contributed by atoms with Crippen LogP contribution in [0, 0.1) is 6.92 Å². The summed E-state index contributed by atoms with van der Waals surface area (Å²) < 4.78 is 0. The van der Waals surface area contributed by atoms with Gasteiger partial charge in [-0.3, -0.25) is 0 Å². The van der Waals surface area contributed by atoms with Crippen molar-refractivity contribution in [3.63, 3.8) is 0 Å². The summed E-state index contributed by atoms with van der Waals surface area (Å²) in [5, 5.41) is 6.37. The van der Waals surface area contributed by atoms with Crippen molar-refractivity contribution in [2.45, 2.75) is 26.8 Å². The Morgan fingerprint density at radius 1 is 1.38 bits per heavy atom. The molecule has 0 unspecified atom stereocenters. The van der Waals surface area contributed by atoms with Gasteiger partial charge in [0.2, 0.25) is 0 Å². The van der Waals surface area contributed by atoms with E-state index < -0.39 is 0 Å². The van der Waals surface area contributed by atoms with Gasteiger partial charge < -0.3 is 5.32 Å². The van der Waals surface area contributed by atoms with Crippen LogP contribution in [0.15, 0.2) is 17.8 Å². The minimum atomic E-state index is 0.721. The van der Waals surface area contributed by atoms with Crippen molar-refractivity contribution < 1.29 is 0 Å². The predicted octanol–water partition coefficient (Wildman–Crippen LogP) is 2.42. The average molecular weight is 234 g/mol. The van der Waals surface area contributed by atoms with E-state index in [0.29, 0.717) is 0 Å². The molecule has 0 saturated carbocycles. The van der Waals surface area contributed by atoms with E-state index in [1.807, 2.05) is 13.0 Å². The molecule has 0 aliphatic heterocycles. The molecule has 0 atom stereocenters. The molecule has 0 spiro atoms. The Bertz CT molecular complexity index is 467. The Hall–Kier alpha value is -1.49. The lowest BCUT2D eigenvalue weighted by Crippen LogP contribution is -2.02. The second-order valence-corrected chi connectivity index (χ2v) is 4.43. The zero-order valence-corrected chi connectivity index (χ0v) is 10.2. The van der Waals surface area contributed by atoms with Crippen LogP contribution < -0.4 is 5.32 Å². The Morgan fingerprint density at radius 2 is 2.25 bits per heavy atom. The lowest BCUT2D eigenvalue weighted by Gasteiger charge is -2.03. The summed E-state index contributed by atoms with van der Waals surface area (Å²) in [5.74, 6) is 0.861. The Kier molecular flexibility index (Phi) is 3.46. The van der Waals surface area contributed by atoms with Crippen LogP contribution in [0.4, 0.5) is 5.82 Å². The van der Waals surface area contributed by atoms with Crippen molar-refractivity contribution in [1.82, 2.24) is 15.0 Å². The Labute approximate surface area is 98.8 Å². The summed E-state index contributed by atoms with van der Waals surface area (Å²) in [6, 6.07) is 1.97. The number of hydrogen-bond acceptors (Lipinski definition) is 5. The zero-order valence-electron chi connectivity index (χ0n) is 9.40. The first-order chi connectivity index (χ1) is 7.78. The topological polar surface area (TPSA) is 50.7 Å². The number of rotatable bonds is 4. The van der Waals surface area contributed by atoms with Crippen LogP contribution in [0.5, 0.6) is 0 Å². The molecule has 2 aromatic rings. The molecular weight excluding hydrogens is 220 g/mol. The fourth-order valence-corrected chi connectivity index (χ4v) is 2.05. The van der Waals surface area contributed by atoms with Crippen LogP contribution in [0.25, 0.3) is 0 Å². The third kappa shape index (κ3) is 2.76. The third-order valence-electron chi connectivity index (χ3n) is 2.17. The lowest BCUT2D eigenvalue weighted by atomic mass is 10.3. The van der Waals surface area contributed by atoms with Crippen LogP contribution >= 0.6 is 11.3 Å². The number of nitrogens with zero attached hydrogens (tertiary/aromatic N) is 3. The fourth-order valence-electron chi connectivity index (χ4n) is 1.34. The molecule has 0 saturated heterocycles. The van der Waals surface area contributed by atoms with Crippen LogP contribution in [0.1, 0.15) is 23.3 Å². The maximum atomic E-state index is 4.38. The molecule has 16 heavy (non-hydrogen) atoms. The largest absolute Gasteiger partial charge is 0.363 e. The van der Waals surface area contributed by atoms with Gasteiger partial charge in [-0.25, -0.2) is 15.0 Å². The highest BCUT2D eigenvalue weighted by Gasteiger charge is 2.00. The lowest BCUT2D eigenvalue weighted by molar-refractivity contribution is 0.982. The standard InChI is InChI=1S/C11H14N4S/c1-3-9-4-10(14-7-13-9)12-5-11-15-8(2)6-16-11/h4,6-7H,3,5H2,1-2H3,(H,12,13,14). The molecule has 1 N–H and O–H groups in total. The van der Waals surface area contributed by atoms with Crippen LogP contribution in [-0.2, 0) is 13.0 Å². The van der Waals surface area contributed by atoms with Crippen molar-refractivity contribution in [2.75, 3.05) is 5.32 Å². The van der Waals surface area contributed by atoms with E-state index in [1.54, 1.807) is 17.7 Å².